The molecule has 0 saturated heterocycles. The monoisotopic (exact) mass is 224 g/mol. The zero-order valence-electron chi connectivity index (χ0n) is 8.93. The van der Waals surface area contributed by atoms with Crippen LogP contribution in [0.1, 0.15) is 17.3 Å². The van der Waals surface area contributed by atoms with Crippen LogP contribution in [0.2, 0.25) is 0 Å². The highest BCUT2D eigenvalue weighted by Gasteiger charge is 2.24. The molecule has 1 atom stereocenters. The lowest BCUT2D eigenvalue weighted by Crippen LogP contribution is -2.42. The van der Waals surface area contributed by atoms with Gasteiger partial charge in [-0.2, -0.15) is 0 Å². The molecule has 86 valence electrons. The molecule has 1 unspecified atom stereocenters. The Morgan fingerprint density at radius 1 is 1.50 bits per heavy atom. The van der Waals surface area contributed by atoms with Crippen molar-refractivity contribution in [2.75, 3.05) is 7.05 Å². The van der Waals surface area contributed by atoms with Crippen molar-refractivity contribution in [2.24, 2.45) is 0 Å². The van der Waals surface area contributed by atoms with E-state index in [0.717, 1.165) is 4.90 Å². The second kappa shape index (κ2) is 4.61. The number of carboxylic acid groups (broad SMARTS) is 1. The molecule has 0 spiro atoms. The Kier molecular flexibility index (Phi) is 3.44. The van der Waals surface area contributed by atoms with Crippen molar-refractivity contribution in [1.82, 2.24) is 9.88 Å². The summed E-state index contributed by atoms with van der Waals surface area (Å²) in [6.07, 6.45) is 1.40. The van der Waals surface area contributed by atoms with Crippen molar-refractivity contribution in [3.63, 3.8) is 0 Å². The van der Waals surface area contributed by atoms with E-state index in [1.807, 2.05) is 0 Å². The minimum atomic E-state index is -1.12. The van der Waals surface area contributed by atoms with Crippen LogP contribution in [0.25, 0.3) is 0 Å². The number of H-pyrrole nitrogens is 1. The van der Waals surface area contributed by atoms with E-state index in [4.69, 9.17) is 5.11 Å². The fourth-order valence-electron chi connectivity index (χ4n) is 1.12. The van der Waals surface area contributed by atoms with Crippen LogP contribution in [0.3, 0.4) is 0 Å². The largest absolute Gasteiger partial charge is 0.480 e. The second-order valence-electron chi connectivity index (χ2n) is 3.34. The van der Waals surface area contributed by atoms with Gasteiger partial charge < -0.3 is 15.0 Å². The Labute approximate surface area is 91.5 Å². The van der Waals surface area contributed by atoms with Crippen LogP contribution < -0.4 is 5.56 Å². The Balaban J connectivity index is 3.00. The Morgan fingerprint density at radius 3 is 2.62 bits per heavy atom. The zero-order chi connectivity index (χ0) is 12.3. The number of rotatable bonds is 3. The number of nitrogens with zero attached hydrogens (tertiary/aromatic N) is 1. The molecule has 0 bridgehead atoms. The normalized spacial score (nSPS) is 11.9. The summed E-state index contributed by atoms with van der Waals surface area (Å²) in [6.45, 7) is 1.37. The molecule has 0 aliphatic carbocycles. The summed E-state index contributed by atoms with van der Waals surface area (Å²) in [6, 6.07) is 1.88. The summed E-state index contributed by atoms with van der Waals surface area (Å²) in [4.78, 5) is 37.1. The lowest BCUT2D eigenvalue weighted by Gasteiger charge is -2.20. The van der Waals surface area contributed by atoms with E-state index in [9.17, 15) is 14.4 Å². The summed E-state index contributed by atoms with van der Waals surface area (Å²) in [7, 11) is 1.34. The van der Waals surface area contributed by atoms with E-state index in [2.05, 4.69) is 4.98 Å². The number of aliphatic carboxylic acids is 1. The molecule has 0 aliphatic rings. The third-order valence-corrected chi connectivity index (χ3v) is 2.31. The standard InChI is InChI=1S/C10H12N2O4/c1-6(10(15)16)12(2)9(14)7-4-3-5-11-8(7)13/h3-6H,1-2H3,(H,11,13)(H,15,16). The molecule has 0 aromatic carbocycles. The molecule has 1 heterocycles. The van der Waals surface area contributed by atoms with Crippen LogP contribution >= 0.6 is 0 Å². The molecular weight excluding hydrogens is 212 g/mol. The van der Waals surface area contributed by atoms with Gasteiger partial charge in [0.25, 0.3) is 11.5 Å². The molecular formula is C10H12N2O4. The second-order valence-corrected chi connectivity index (χ2v) is 3.34. The lowest BCUT2D eigenvalue weighted by molar-refractivity contribution is -0.141. The van der Waals surface area contributed by atoms with Gasteiger partial charge in [-0.1, -0.05) is 0 Å². The minimum Gasteiger partial charge on any atom is -0.480 e. The number of carboxylic acids is 1. The van der Waals surface area contributed by atoms with Crippen molar-refractivity contribution in [3.8, 4) is 0 Å². The highest BCUT2D eigenvalue weighted by Crippen LogP contribution is 2.02. The highest BCUT2D eigenvalue weighted by molar-refractivity contribution is 5.95. The first-order chi connectivity index (χ1) is 7.45. The van der Waals surface area contributed by atoms with Gasteiger partial charge in [0.05, 0.1) is 0 Å². The molecule has 0 aliphatic heterocycles. The van der Waals surface area contributed by atoms with Crippen molar-refractivity contribution < 1.29 is 14.7 Å². The summed E-state index contributed by atoms with van der Waals surface area (Å²) < 4.78 is 0. The first-order valence-electron chi connectivity index (χ1n) is 4.63. The van der Waals surface area contributed by atoms with Gasteiger partial charge in [-0.05, 0) is 19.1 Å². The summed E-state index contributed by atoms with van der Waals surface area (Å²) in [5.74, 6) is -1.74. The lowest BCUT2D eigenvalue weighted by atomic mass is 10.2. The summed E-state index contributed by atoms with van der Waals surface area (Å²) >= 11 is 0. The number of carbonyl (C=O) groups excluding carboxylic acids is 1. The SMILES string of the molecule is CC(C(=O)O)N(C)C(=O)c1ccc[nH]c1=O. The number of likely N-dealkylation sites (N-methyl/N-ethyl adjacent to an activating group) is 1. The number of nitrogens with one attached hydrogen (secondary N) is 1. The van der Waals surface area contributed by atoms with Gasteiger partial charge in [-0.15, -0.1) is 0 Å². The molecule has 0 radical (unpaired) electrons. The predicted molar refractivity (Wildman–Crippen MR) is 56.3 cm³/mol. The van der Waals surface area contributed by atoms with E-state index in [1.54, 1.807) is 0 Å². The smallest absolute Gasteiger partial charge is 0.326 e. The molecule has 1 aromatic heterocycles. The van der Waals surface area contributed by atoms with Crippen LogP contribution in [0, 0.1) is 0 Å². The molecule has 6 nitrogen and oxygen atoms in total. The van der Waals surface area contributed by atoms with Crippen LogP contribution in [0.5, 0.6) is 0 Å². The van der Waals surface area contributed by atoms with Crippen LogP contribution in [0.15, 0.2) is 23.1 Å². The Hall–Kier alpha value is -2.11. The molecule has 1 amide bonds. The summed E-state index contributed by atoms with van der Waals surface area (Å²) in [5.41, 5.74) is -0.602. The zero-order valence-corrected chi connectivity index (χ0v) is 8.93. The predicted octanol–water partition coefficient (Wildman–Crippen LogP) is -0.0800. The van der Waals surface area contributed by atoms with Crippen molar-refractivity contribution in [1.29, 1.82) is 0 Å². The maximum Gasteiger partial charge on any atom is 0.326 e. The topological polar surface area (TPSA) is 90.5 Å². The Morgan fingerprint density at radius 2 is 2.12 bits per heavy atom. The number of aromatic amines is 1. The van der Waals surface area contributed by atoms with Crippen LogP contribution in [-0.4, -0.2) is 40.0 Å². The molecule has 6 heteroatoms. The van der Waals surface area contributed by atoms with Crippen molar-refractivity contribution in [3.05, 3.63) is 34.2 Å². The molecule has 2 N–H and O–H groups in total. The fourth-order valence-corrected chi connectivity index (χ4v) is 1.12. The molecule has 0 fully saturated rings. The molecule has 16 heavy (non-hydrogen) atoms. The van der Waals surface area contributed by atoms with Gasteiger partial charge >= 0.3 is 5.97 Å². The number of hydrogen-bond acceptors (Lipinski definition) is 3. The van der Waals surface area contributed by atoms with E-state index >= 15 is 0 Å². The van der Waals surface area contributed by atoms with Crippen molar-refractivity contribution in [2.45, 2.75) is 13.0 Å². The first-order valence-corrected chi connectivity index (χ1v) is 4.63. The first kappa shape index (κ1) is 12.0. The molecule has 0 saturated carbocycles. The van der Waals surface area contributed by atoms with Gasteiger partial charge in [0.1, 0.15) is 11.6 Å². The maximum absolute atomic E-state index is 11.8. The highest BCUT2D eigenvalue weighted by atomic mass is 16.4. The third-order valence-electron chi connectivity index (χ3n) is 2.31. The number of amides is 1. The number of pyridine rings is 1. The third kappa shape index (κ3) is 2.28. The number of carbonyl (C=O) groups is 2. The molecule has 1 rings (SSSR count). The fraction of sp³-hybridized carbons (Fsp3) is 0.300. The van der Waals surface area contributed by atoms with Crippen molar-refractivity contribution >= 4 is 11.9 Å². The van der Waals surface area contributed by atoms with Gasteiger partial charge in [0.2, 0.25) is 0 Å². The minimum absolute atomic E-state index is 0.0712. The average molecular weight is 224 g/mol. The van der Waals surface area contributed by atoms with E-state index in [1.165, 1.54) is 32.3 Å². The van der Waals surface area contributed by atoms with Gasteiger partial charge in [-0.3, -0.25) is 9.59 Å². The van der Waals surface area contributed by atoms with Gasteiger partial charge in [0.15, 0.2) is 0 Å². The van der Waals surface area contributed by atoms with E-state index in [-0.39, 0.29) is 5.56 Å². The van der Waals surface area contributed by atoms with Gasteiger partial charge in [-0.25, -0.2) is 4.79 Å². The average Bonchev–Trinajstić information content (AvgIpc) is 2.26. The van der Waals surface area contributed by atoms with E-state index < -0.39 is 23.5 Å². The molecule has 1 aromatic rings. The van der Waals surface area contributed by atoms with Crippen LogP contribution in [-0.2, 0) is 4.79 Å². The van der Waals surface area contributed by atoms with Crippen LogP contribution in [0.4, 0.5) is 0 Å². The quantitative estimate of drug-likeness (QED) is 0.751. The Bertz CT molecular complexity index is 466. The van der Waals surface area contributed by atoms with E-state index in [0.29, 0.717) is 0 Å². The van der Waals surface area contributed by atoms with Gasteiger partial charge in [0, 0.05) is 13.2 Å². The number of hydrogen-bond donors (Lipinski definition) is 2. The maximum atomic E-state index is 11.8. The number of aromatic nitrogens is 1. The summed E-state index contributed by atoms with van der Waals surface area (Å²) in [5, 5.41) is 8.74.